The maximum atomic E-state index is 8.88. The fourth-order valence-electron chi connectivity index (χ4n) is 0.939. The molecule has 0 atom stereocenters. The fourth-order valence-corrected chi connectivity index (χ4v) is 0.939. The van der Waals surface area contributed by atoms with Gasteiger partial charge in [-0.25, -0.2) is 0 Å². The first kappa shape index (κ1) is 18.8. The van der Waals surface area contributed by atoms with Gasteiger partial charge >= 0.3 is 6.72 Å². The minimum Gasteiger partial charge on any atom is -0.396 e. The molecule has 0 bridgehead atoms. The lowest BCUT2D eigenvalue weighted by Crippen LogP contribution is -2.33. The molecule has 0 aliphatic heterocycles. The summed E-state index contributed by atoms with van der Waals surface area (Å²) in [6, 6.07) is 0. The normalized spacial score (nSPS) is 11.9. The summed E-state index contributed by atoms with van der Waals surface area (Å²) < 4.78 is 0. The van der Waals surface area contributed by atoms with Gasteiger partial charge in [0.05, 0.1) is 19.8 Å². The molecular weight excluding hydrogens is 255 g/mol. The van der Waals surface area contributed by atoms with Crippen molar-refractivity contribution in [2.75, 3.05) is 19.8 Å². The van der Waals surface area contributed by atoms with Crippen LogP contribution in [-0.4, -0.2) is 49.8 Å². The third-order valence-electron chi connectivity index (χ3n) is 2.07. The van der Waals surface area contributed by atoms with Crippen molar-refractivity contribution >= 4 is 18.5 Å². The summed E-state index contributed by atoms with van der Waals surface area (Å²) >= 11 is 3.60. The smallest absolute Gasteiger partial charge is 0.319 e. The van der Waals surface area contributed by atoms with Crippen molar-refractivity contribution in [3.05, 3.63) is 0 Å². The molecule has 100 valence electrons. The molecule has 8 heteroatoms. The summed E-state index contributed by atoms with van der Waals surface area (Å²) in [5.74, 6) is 0. The van der Waals surface area contributed by atoms with Crippen LogP contribution >= 0.6 is 6.72 Å². The molecule has 0 aromatic carbocycles. The van der Waals surface area contributed by atoms with Gasteiger partial charge in [-0.2, -0.15) is 0 Å². The molecule has 0 unspecified atom stereocenters. The van der Waals surface area contributed by atoms with E-state index in [9.17, 15) is 0 Å². The minimum atomic E-state index is -3.81. The van der Waals surface area contributed by atoms with E-state index < -0.39 is 12.1 Å². The molecule has 0 amide bonds. The van der Waals surface area contributed by atoms with Crippen molar-refractivity contribution in [3.8, 4) is 0 Å². The van der Waals surface area contributed by atoms with E-state index in [0.29, 0.717) is 6.42 Å². The van der Waals surface area contributed by atoms with E-state index in [-0.39, 0.29) is 19.8 Å². The van der Waals surface area contributed by atoms with E-state index in [4.69, 9.17) is 30.0 Å². The zero-order chi connectivity index (χ0) is 13.2. The van der Waals surface area contributed by atoms with Crippen molar-refractivity contribution in [1.82, 2.24) is 0 Å². The summed E-state index contributed by atoms with van der Waals surface area (Å²) in [5.41, 5.74) is -0.657. The first-order valence-electron chi connectivity index (χ1n) is 4.85. The fraction of sp³-hybridized carbons (Fsp3) is 1.00. The summed E-state index contributed by atoms with van der Waals surface area (Å²) in [7, 11) is 0. The van der Waals surface area contributed by atoms with Gasteiger partial charge in [0, 0.05) is 5.41 Å². The summed E-state index contributed by atoms with van der Waals surface area (Å²) in [6.07, 6.45) is 2.64. The molecule has 6 nitrogen and oxygen atoms in total. The third-order valence-corrected chi connectivity index (χ3v) is 2.07. The van der Waals surface area contributed by atoms with Crippen LogP contribution in [0, 0.1) is 5.41 Å². The van der Waals surface area contributed by atoms with Gasteiger partial charge < -0.3 is 30.0 Å². The maximum Gasteiger partial charge on any atom is 0.319 e. The molecule has 0 heterocycles. The molecular formula is C8H21O6PS. The predicted octanol–water partition coefficient (Wildman–Crippen LogP) is -0.672. The lowest BCUT2D eigenvalue weighted by Gasteiger charge is -2.26. The quantitative estimate of drug-likeness (QED) is 0.356. The van der Waals surface area contributed by atoms with Crippen LogP contribution in [0.1, 0.15) is 26.2 Å². The van der Waals surface area contributed by atoms with E-state index in [2.05, 4.69) is 11.8 Å². The van der Waals surface area contributed by atoms with Crippen LogP contribution in [0.15, 0.2) is 0 Å². The van der Waals surface area contributed by atoms with Crippen LogP contribution in [0.3, 0.4) is 0 Å². The highest BCUT2D eigenvalue weighted by molar-refractivity contribution is 8.06. The Labute approximate surface area is 100 Å². The topological polar surface area (TPSA) is 121 Å². The predicted molar refractivity (Wildman–Crippen MR) is 64.2 cm³/mol. The molecule has 0 saturated heterocycles. The van der Waals surface area contributed by atoms with Gasteiger partial charge in [-0.15, -0.1) is 0 Å². The average molecular weight is 276 g/mol. The molecule has 0 aliphatic rings. The van der Waals surface area contributed by atoms with Crippen LogP contribution in [0.5, 0.6) is 0 Å². The second kappa shape index (κ2) is 9.44. The van der Waals surface area contributed by atoms with Gasteiger partial charge in [-0.05, 0) is 18.2 Å². The van der Waals surface area contributed by atoms with E-state index in [0.717, 1.165) is 12.8 Å². The molecule has 0 aliphatic carbocycles. The lowest BCUT2D eigenvalue weighted by atomic mass is 9.85. The summed E-state index contributed by atoms with van der Waals surface area (Å²) in [6.45, 7) is -2.18. The molecule has 0 fully saturated rings. The Kier molecular flexibility index (Phi) is 11.1. The average Bonchev–Trinajstić information content (AvgIpc) is 2.19. The molecule has 0 aromatic rings. The van der Waals surface area contributed by atoms with Crippen molar-refractivity contribution in [2.24, 2.45) is 5.41 Å². The molecule has 0 saturated carbocycles. The Hall–Kier alpha value is 0.410. The Morgan fingerprint density at radius 3 is 1.50 bits per heavy atom. The highest BCUT2D eigenvalue weighted by Gasteiger charge is 2.26. The van der Waals surface area contributed by atoms with Crippen molar-refractivity contribution in [3.63, 3.8) is 0 Å². The van der Waals surface area contributed by atoms with Gasteiger partial charge in [-0.1, -0.05) is 19.8 Å². The Balaban J connectivity index is 0. The van der Waals surface area contributed by atoms with Crippen LogP contribution in [-0.2, 0) is 11.8 Å². The van der Waals surface area contributed by atoms with Crippen LogP contribution < -0.4 is 0 Å². The number of aliphatic hydroxyl groups is 3. The van der Waals surface area contributed by atoms with Gasteiger partial charge in [0.25, 0.3) is 0 Å². The molecule has 0 spiro atoms. The van der Waals surface area contributed by atoms with Gasteiger partial charge in [0.1, 0.15) is 0 Å². The summed E-state index contributed by atoms with van der Waals surface area (Å²) in [4.78, 5) is 22.7. The Morgan fingerprint density at radius 2 is 1.31 bits per heavy atom. The van der Waals surface area contributed by atoms with Crippen molar-refractivity contribution in [2.45, 2.75) is 26.2 Å². The third kappa shape index (κ3) is 12.5. The van der Waals surface area contributed by atoms with Crippen LogP contribution in [0.2, 0.25) is 0 Å². The molecule has 0 rings (SSSR count). The maximum absolute atomic E-state index is 8.88. The van der Waals surface area contributed by atoms with Crippen LogP contribution in [0.25, 0.3) is 0 Å². The molecule has 0 radical (unpaired) electrons. The van der Waals surface area contributed by atoms with E-state index in [1.807, 2.05) is 6.92 Å². The first-order chi connectivity index (χ1) is 7.24. The SMILES string of the molecule is CCCCC(CO)(CO)CO.OP(O)(O)=S. The standard InChI is InChI=1S/C8H18O3.H3O3PS/c1-2-3-4-8(5-9,6-10)7-11;1-4(2,3)5/h9-11H,2-7H2,1H3;(H3,1,2,3,5). The molecule has 16 heavy (non-hydrogen) atoms. The van der Waals surface area contributed by atoms with Gasteiger partial charge in [-0.3, -0.25) is 0 Å². The highest BCUT2D eigenvalue weighted by atomic mass is 32.5. The Bertz CT molecular complexity index is 186. The first-order valence-corrected chi connectivity index (χ1v) is 7.51. The second-order valence-corrected chi connectivity index (χ2v) is 6.09. The minimum absolute atomic E-state index is 0.139. The largest absolute Gasteiger partial charge is 0.396 e. The molecule has 6 N–H and O–H groups in total. The number of unbranched alkanes of at least 4 members (excludes halogenated alkanes) is 1. The lowest BCUT2D eigenvalue weighted by molar-refractivity contribution is -0.00197. The van der Waals surface area contributed by atoms with E-state index >= 15 is 0 Å². The number of aliphatic hydroxyl groups excluding tert-OH is 3. The zero-order valence-electron chi connectivity index (χ0n) is 9.28. The highest BCUT2D eigenvalue weighted by Crippen LogP contribution is 2.26. The van der Waals surface area contributed by atoms with Crippen LogP contribution in [0.4, 0.5) is 0 Å². The van der Waals surface area contributed by atoms with Crippen molar-refractivity contribution in [1.29, 1.82) is 0 Å². The molecule has 0 aromatic heterocycles. The van der Waals surface area contributed by atoms with Crippen molar-refractivity contribution < 1.29 is 30.0 Å². The van der Waals surface area contributed by atoms with E-state index in [1.165, 1.54) is 0 Å². The number of rotatable bonds is 6. The Morgan fingerprint density at radius 1 is 1.00 bits per heavy atom. The zero-order valence-corrected chi connectivity index (χ0v) is 11.0. The monoisotopic (exact) mass is 276 g/mol. The second-order valence-electron chi connectivity index (χ2n) is 3.59. The summed E-state index contributed by atoms with van der Waals surface area (Å²) in [5, 5.41) is 26.6. The van der Waals surface area contributed by atoms with Gasteiger partial charge in [0.15, 0.2) is 0 Å². The number of hydrogen-bond acceptors (Lipinski definition) is 4. The van der Waals surface area contributed by atoms with E-state index in [1.54, 1.807) is 0 Å². The van der Waals surface area contributed by atoms with Gasteiger partial charge in [0.2, 0.25) is 0 Å². The number of hydrogen-bond donors (Lipinski definition) is 6.